The fourth-order valence-corrected chi connectivity index (χ4v) is 2.90. The highest BCUT2D eigenvalue weighted by Crippen LogP contribution is 2.26. The van der Waals surface area contributed by atoms with Gasteiger partial charge in [0.1, 0.15) is 0 Å². The van der Waals surface area contributed by atoms with E-state index in [9.17, 15) is 9.59 Å². The fourth-order valence-electron chi connectivity index (χ4n) is 2.71. The van der Waals surface area contributed by atoms with Gasteiger partial charge in [0.15, 0.2) is 0 Å². The molecule has 0 spiro atoms. The summed E-state index contributed by atoms with van der Waals surface area (Å²) in [7, 11) is 0. The number of hydrogen-bond donors (Lipinski definition) is 2. The number of carbonyl (C=O) groups excluding carboxylic acids is 2. The first kappa shape index (κ1) is 14.2. The maximum Gasteiger partial charge on any atom is 0.321 e. The van der Waals surface area contributed by atoms with Crippen molar-refractivity contribution in [3.63, 3.8) is 0 Å². The van der Waals surface area contributed by atoms with Gasteiger partial charge in [-0.3, -0.25) is 9.69 Å². The molecule has 2 fully saturated rings. The molecule has 1 aromatic rings. The van der Waals surface area contributed by atoms with Crippen molar-refractivity contribution in [3.8, 4) is 0 Å². The van der Waals surface area contributed by atoms with Crippen LogP contribution in [0.15, 0.2) is 18.2 Å². The lowest BCUT2D eigenvalue weighted by atomic mass is 10.1. The SMILES string of the molecule is N[C@@H]1CCN(C(=O)c2cc(N3CCNC3=O)ccc2Cl)C1. The Morgan fingerprint density at radius 3 is 2.81 bits per heavy atom. The highest BCUT2D eigenvalue weighted by Gasteiger charge is 2.27. The minimum Gasteiger partial charge on any atom is -0.337 e. The van der Waals surface area contributed by atoms with Crippen molar-refractivity contribution in [1.29, 1.82) is 0 Å². The van der Waals surface area contributed by atoms with Gasteiger partial charge in [0.25, 0.3) is 5.91 Å². The van der Waals surface area contributed by atoms with Crippen LogP contribution in [0.5, 0.6) is 0 Å². The quantitative estimate of drug-likeness (QED) is 0.857. The summed E-state index contributed by atoms with van der Waals surface area (Å²) in [6.45, 7) is 2.38. The van der Waals surface area contributed by atoms with Gasteiger partial charge >= 0.3 is 6.03 Å². The van der Waals surface area contributed by atoms with E-state index in [1.54, 1.807) is 28.0 Å². The summed E-state index contributed by atoms with van der Waals surface area (Å²) in [5.74, 6) is -0.130. The van der Waals surface area contributed by atoms with Gasteiger partial charge in [0, 0.05) is 37.9 Å². The molecule has 6 nitrogen and oxygen atoms in total. The number of nitrogens with one attached hydrogen (secondary N) is 1. The van der Waals surface area contributed by atoms with Gasteiger partial charge in [-0.05, 0) is 24.6 Å². The number of nitrogens with two attached hydrogens (primary N) is 1. The molecule has 0 radical (unpaired) electrons. The first-order valence-electron chi connectivity index (χ1n) is 6.96. The van der Waals surface area contributed by atoms with Crippen molar-refractivity contribution in [3.05, 3.63) is 28.8 Å². The van der Waals surface area contributed by atoms with Gasteiger partial charge in [0.2, 0.25) is 0 Å². The van der Waals surface area contributed by atoms with Crippen molar-refractivity contribution in [2.75, 3.05) is 31.1 Å². The van der Waals surface area contributed by atoms with Crippen LogP contribution in [0.4, 0.5) is 10.5 Å². The van der Waals surface area contributed by atoms with Gasteiger partial charge < -0.3 is 16.0 Å². The summed E-state index contributed by atoms with van der Waals surface area (Å²) in [4.78, 5) is 27.5. The van der Waals surface area contributed by atoms with Crippen LogP contribution in [0.25, 0.3) is 0 Å². The van der Waals surface area contributed by atoms with E-state index in [1.165, 1.54) is 0 Å². The summed E-state index contributed by atoms with van der Waals surface area (Å²) in [6.07, 6.45) is 0.803. The van der Waals surface area contributed by atoms with Crippen LogP contribution >= 0.6 is 11.6 Å². The molecule has 0 aromatic heterocycles. The van der Waals surface area contributed by atoms with Gasteiger partial charge in [-0.2, -0.15) is 0 Å². The van der Waals surface area contributed by atoms with E-state index in [-0.39, 0.29) is 18.0 Å². The number of hydrogen-bond acceptors (Lipinski definition) is 3. The van der Waals surface area contributed by atoms with Crippen LogP contribution in [-0.4, -0.2) is 49.1 Å². The second kappa shape index (κ2) is 5.54. The highest BCUT2D eigenvalue weighted by molar-refractivity contribution is 6.34. The second-order valence-electron chi connectivity index (χ2n) is 5.35. The zero-order valence-electron chi connectivity index (χ0n) is 11.5. The summed E-state index contributed by atoms with van der Waals surface area (Å²) < 4.78 is 0. The van der Waals surface area contributed by atoms with Crippen LogP contribution in [-0.2, 0) is 0 Å². The van der Waals surface area contributed by atoms with Crippen molar-refractivity contribution in [2.24, 2.45) is 5.73 Å². The molecule has 1 aromatic carbocycles. The second-order valence-corrected chi connectivity index (χ2v) is 5.75. The van der Waals surface area contributed by atoms with Crippen molar-refractivity contribution in [1.82, 2.24) is 10.2 Å². The largest absolute Gasteiger partial charge is 0.337 e. The fraction of sp³-hybridized carbons (Fsp3) is 0.429. The number of halogens is 1. The number of amides is 3. The normalized spacial score (nSPS) is 21.8. The molecule has 7 heteroatoms. The molecule has 3 rings (SSSR count). The maximum absolute atomic E-state index is 12.5. The lowest BCUT2D eigenvalue weighted by Crippen LogP contribution is -2.32. The van der Waals surface area contributed by atoms with Crippen molar-refractivity contribution < 1.29 is 9.59 Å². The minimum atomic E-state index is -0.154. The molecule has 2 aliphatic heterocycles. The third kappa shape index (κ3) is 2.69. The lowest BCUT2D eigenvalue weighted by Gasteiger charge is -2.19. The van der Waals surface area contributed by atoms with Crippen LogP contribution in [0.1, 0.15) is 16.8 Å². The zero-order chi connectivity index (χ0) is 15.0. The molecule has 0 unspecified atom stereocenters. The van der Waals surface area contributed by atoms with Gasteiger partial charge in [-0.1, -0.05) is 11.6 Å². The molecule has 112 valence electrons. The molecule has 2 aliphatic rings. The first-order valence-corrected chi connectivity index (χ1v) is 7.34. The Hall–Kier alpha value is -1.79. The van der Waals surface area contributed by atoms with E-state index < -0.39 is 0 Å². The average Bonchev–Trinajstić information content (AvgIpc) is 3.07. The summed E-state index contributed by atoms with van der Waals surface area (Å²) >= 11 is 6.15. The smallest absolute Gasteiger partial charge is 0.321 e. The minimum absolute atomic E-state index is 0.0280. The Morgan fingerprint density at radius 2 is 2.19 bits per heavy atom. The average molecular weight is 309 g/mol. The maximum atomic E-state index is 12.5. The van der Waals surface area contributed by atoms with E-state index in [0.717, 1.165) is 6.42 Å². The van der Waals surface area contributed by atoms with Gasteiger partial charge in [-0.15, -0.1) is 0 Å². The third-order valence-corrected chi connectivity index (χ3v) is 4.19. The predicted octanol–water partition coefficient (Wildman–Crippen LogP) is 1.04. The molecule has 1 atom stereocenters. The van der Waals surface area contributed by atoms with Crippen LogP contribution in [0.3, 0.4) is 0 Å². The van der Waals surface area contributed by atoms with E-state index >= 15 is 0 Å². The molecule has 0 saturated carbocycles. The number of urea groups is 1. The molecule has 21 heavy (non-hydrogen) atoms. The molecule has 3 N–H and O–H groups in total. The molecule has 0 bridgehead atoms. The zero-order valence-corrected chi connectivity index (χ0v) is 12.3. The summed E-state index contributed by atoms with van der Waals surface area (Å²) in [6, 6.07) is 4.96. The molecule has 2 heterocycles. The third-order valence-electron chi connectivity index (χ3n) is 3.86. The molecular formula is C14H17ClN4O2. The Kier molecular flexibility index (Phi) is 3.73. The van der Waals surface area contributed by atoms with Crippen LogP contribution in [0, 0.1) is 0 Å². The monoisotopic (exact) mass is 308 g/mol. The van der Waals surface area contributed by atoms with Crippen LogP contribution in [0.2, 0.25) is 5.02 Å². The van der Waals surface area contributed by atoms with E-state index in [0.29, 0.717) is 42.5 Å². The van der Waals surface area contributed by atoms with Crippen LogP contribution < -0.4 is 16.0 Å². The van der Waals surface area contributed by atoms with Crippen molar-refractivity contribution >= 4 is 29.2 Å². The number of likely N-dealkylation sites (tertiary alicyclic amines) is 1. The summed E-state index contributed by atoms with van der Waals surface area (Å²) in [5.41, 5.74) is 6.94. The summed E-state index contributed by atoms with van der Waals surface area (Å²) in [5, 5.41) is 3.13. The van der Waals surface area contributed by atoms with Gasteiger partial charge in [0.05, 0.1) is 10.6 Å². The predicted molar refractivity (Wildman–Crippen MR) is 80.7 cm³/mol. The first-order chi connectivity index (χ1) is 10.1. The molecule has 3 amide bonds. The molecular weight excluding hydrogens is 292 g/mol. The highest BCUT2D eigenvalue weighted by atomic mass is 35.5. The Balaban J connectivity index is 1.87. The van der Waals surface area contributed by atoms with E-state index in [1.807, 2.05) is 0 Å². The number of benzene rings is 1. The van der Waals surface area contributed by atoms with E-state index in [4.69, 9.17) is 17.3 Å². The number of rotatable bonds is 2. The topological polar surface area (TPSA) is 78.7 Å². The van der Waals surface area contributed by atoms with E-state index in [2.05, 4.69) is 5.32 Å². The number of nitrogens with zero attached hydrogens (tertiary/aromatic N) is 2. The standard InChI is InChI=1S/C14H17ClN4O2/c15-12-2-1-10(19-6-4-17-14(19)21)7-11(12)13(20)18-5-3-9(16)8-18/h1-2,7,9H,3-6,8,16H2,(H,17,21)/t9-/m1/s1. The Bertz CT molecular complexity index is 592. The Labute approximate surface area is 127 Å². The number of carbonyl (C=O) groups is 2. The Morgan fingerprint density at radius 1 is 1.38 bits per heavy atom. The molecule has 2 saturated heterocycles. The van der Waals surface area contributed by atoms with Gasteiger partial charge in [-0.25, -0.2) is 4.79 Å². The van der Waals surface area contributed by atoms with Crippen molar-refractivity contribution in [2.45, 2.75) is 12.5 Å². The number of anilines is 1. The molecule has 0 aliphatic carbocycles. The lowest BCUT2D eigenvalue weighted by molar-refractivity contribution is 0.0791.